The summed E-state index contributed by atoms with van der Waals surface area (Å²) in [5.74, 6) is 1.09. The Labute approximate surface area is 130 Å². The summed E-state index contributed by atoms with van der Waals surface area (Å²) in [6, 6.07) is 4.68. The minimum Gasteiger partial charge on any atom is -0.490 e. The maximum atomic E-state index is 12.5. The van der Waals surface area contributed by atoms with Crippen molar-refractivity contribution in [3.05, 3.63) is 18.2 Å². The van der Waals surface area contributed by atoms with Crippen LogP contribution >= 0.6 is 12.4 Å². The van der Waals surface area contributed by atoms with E-state index in [-0.39, 0.29) is 23.3 Å². The van der Waals surface area contributed by atoms with Crippen LogP contribution in [0.3, 0.4) is 0 Å². The van der Waals surface area contributed by atoms with Gasteiger partial charge in [0.2, 0.25) is 10.0 Å². The number of fused-ring (bicyclic) bond motifs is 1. The van der Waals surface area contributed by atoms with Gasteiger partial charge in [0.15, 0.2) is 11.5 Å². The molecule has 2 heterocycles. The lowest BCUT2D eigenvalue weighted by atomic mass is 10.3. The molecule has 1 aromatic rings. The van der Waals surface area contributed by atoms with Crippen LogP contribution in [0.25, 0.3) is 0 Å². The molecule has 21 heavy (non-hydrogen) atoms. The van der Waals surface area contributed by atoms with E-state index in [1.165, 1.54) is 4.31 Å². The van der Waals surface area contributed by atoms with Crippen molar-refractivity contribution < 1.29 is 17.9 Å². The molecule has 2 aliphatic heterocycles. The largest absolute Gasteiger partial charge is 0.490 e. The van der Waals surface area contributed by atoms with Crippen molar-refractivity contribution >= 4 is 22.4 Å². The van der Waals surface area contributed by atoms with E-state index in [9.17, 15) is 8.42 Å². The van der Waals surface area contributed by atoms with Gasteiger partial charge < -0.3 is 15.2 Å². The zero-order valence-electron chi connectivity index (χ0n) is 11.5. The van der Waals surface area contributed by atoms with E-state index in [1.807, 2.05) is 0 Å². The Bertz CT molecular complexity index is 608. The van der Waals surface area contributed by atoms with Crippen LogP contribution in [-0.4, -0.2) is 45.1 Å². The second kappa shape index (κ2) is 6.39. The molecule has 0 saturated carbocycles. The lowest BCUT2D eigenvalue weighted by molar-refractivity contribution is 0.297. The molecule has 2 aliphatic rings. The lowest BCUT2D eigenvalue weighted by Crippen LogP contribution is -2.31. The summed E-state index contributed by atoms with van der Waals surface area (Å²) in [5, 5.41) is 0. The fraction of sp³-hybridized carbons (Fsp3) is 0.538. The number of sulfonamides is 1. The third-order valence-corrected chi connectivity index (χ3v) is 5.41. The second-order valence-corrected chi connectivity index (χ2v) is 7.01. The van der Waals surface area contributed by atoms with E-state index < -0.39 is 10.0 Å². The van der Waals surface area contributed by atoms with Crippen LogP contribution in [0.1, 0.15) is 12.8 Å². The average Bonchev–Trinajstić information content (AvgIpc) is 2.74. The molecule has 2 N–H and O–H groups in total. The molecule has 6 nitrogen and oxygen atoms in total. The number of rotatable bonds is 2. The van der Waals surface area contributed by atoms with Crippen LogP contribution in [0, 0.1) is 0 Å². The summed E-state index contributed by atoms with van der Waals surface area (Å²) in [6.07, 6.45) is 1.49. The van der Waals surface area contributed by atoms with Crippen molar-refractivity contribution in [2.24, 2.45) is 5.73 Å². The summed E-state index contributed by atoms with van der Waals surface area (Å²) < 4.78 is 37.5. The summed E-state index contributed by atoms with van der Waals surface area (Å²) in [6.45, 7) is 1.96. The molecule has 0 spiro atoms. The van der Waals surface area contributed by atoms with Gasteiger partial charge >= 0.3 is 0 Å². The highest BCUT2D eigenvalue weighted by atomic mass is 35.5. The molecule has 1 atom stereocenters. The first-order valence-electron chi connectivity index (χ1n) is 6.73. The summed E-state index contributed by atoms with van der Waals surface area (Å²) >= 11 is 0. The van der Waals surface area contributed by atoms with E-state index in [4.69, 9.17) is 15.2 Å². The predicted molar refractivity (Wildman–Crippen MR) is 80.6 cm³/mol. The van der Waals surface area contributed by atoms with Crippen LogP contribution in [0.4, 0.5) is 0 Å². The lowest BCUT2D eigenvalue weighted by Gasteiger charge is -2.17. The molecule has 0 aliphatic carbocycles. The molecule has 1 aromatic carbocycles. The van der Waals surface area contributed by atoms with Gasteiger partial charge in [-0.1, -0.05) is 0 Å². The van der Waals surface area contributed by atoms with Gasteiger partial charge in [0, 0.05) is 31.6 Å². The van der Waals surface area contributed by atoms with Gasteiger partial charge in [-0.25, -0.2) is 8.42 Å². The molecule has 0 radical (unpaired) electrons. The molecule has 1 saturated heterocycles. The quantitative estimate of drug-likeness (QED) is 0.872. The Balaban J connectivity index is 0.00000161. The number of nitrogens with two attached hydrogens (primary N) is 1. The summed E-state index contributed by atoms with van der Waals surface area (Å²) in [7, 11) is -3.50. The maximum absolute atomic E-state index is 12.5. The third-order valence-electron chi connectivity index (χ3n) is 3.54. The summed E-state index contributed by atoms with van der Waals surface area (Å²) in [4.78, 5) is 0.232. The normalized spacial score (nSPS) is 22.4. The second-order valence-electron chi connectivity index (χ2n) is 5.07. The van der Waals surface area contributed by atoms with Crippen molar-refractivity contribution in [1.29, 1.82) is 0 Å². The number of benzene rings is 1. The highest BCUT2D eigenvalue weighted by Gasteiger charge is 2.31. The van der Waals surface area contributed by atoms with Gasteiger partial charge in [0.25, 0.3) is 0 Å². The van der Waals surface area contributed by atoms with Crippen LogP contribution in [0.5, 0.6) is 11.5 Å². The van der Waals surface area contributed by atoms with Gasteiger partial charge in [-0.05, 0) is 18.6 Å². The predicted octanol–water partition coefficient (Wildman–Crippen LogP) is 0.991. The Morgan fingerprint density at radius 1 is 1.19 bits per heavy atom. The molecular weight excluding hydrogens is 316 g/mol. The van der Waals surface area contributed by atoms with E-state index in [2.05, 4.69) is 0 Å². The molecule has 0 bridgehead atoms. The van der Waals surface area contributed by atoms with Crippen molar-refractivity contribution in [2.75, 3.05) is 26.3 Å². The number of ether oxygens (including phenoxy) is 2. The smallest absolute Gasteiger partial charge is 0.243 e. The zero-order chi connectivity index (χ0) is 14.2. The molecule has 3 rings (SSSR count). The molecule has 1 fully saturated rings. The van der Waals surface area contributed by atoms with E-state index in [0.717, 1.165) is 6.42 Å². The Morgan fingerprint density at radius 3 is 2.57 bits per heavy atom. The maximum Gasteiger partial charge on any atom is 0.243 e. The first-order chi connectivity index (χ1) is 9.57. The number of hydrogen-bond acceptors (Lipinski definition) is 5. The van der Waals surface area contributed by atoms with Gasteiger partial charge in [0.1, 0.15) is 0 Å². The first kappa shape index (κ1) is 16.4. The van der Waals surface area contributed by atoms with Crippen molar-refractivity contribution in [3.63, 3.8) is 0 Å². The zero-order valence-corrected chi connectivity index (χ0v) is 13.2. The third kappa shape index (κ3) is 3.26. The fourth-order valence-electron chi connectivity index (χ4n) is 2.43. The molecule has 0 unspecified atom stereocenters. The Morgan fingerprint density at radius 2 is 1.90 bits per heavy atom. The molecule has 118 valence electrons. The Hall–Kier alpha value is -1.02. The average molecular weight is 335 g/mol. The topological polar surface area (TPSA) is 81.9 Å². The summed E-state index contributed by atoms with van der Waals surface area (Å²) in [5.41, 5.74) is 5.78. The van der Waals surface area contributed by atoms with E-state index in [1.54, 1.807) is 18.2 Å². The van der Waals surface area contributed by atoms with Crippen molar-refractivity contribution in [1.82, 2.24) is 4.31 Å². The number of nitrogens with zero attached hydrogens (tertiary/aromatic N) is 1. The molecule has 0 amide bonds. The van der Waals surface area contributed by atoms with Crippen LogP contribution in [0.15, 0.2) is 23.1 Å². The Kier molecular flexibility index (Phi) is 4.98. The molecule has 8 heteroatoms. The highest BCUT2D eigenvalue weighted by Crippen LogP contribution is 2.33. The van der Waals surface area contributed by atoms with Crippen LogP contribution in [-0.2, 0) is 10.0 Å². The SMILES string of the molecule is Cl.N[C@H]1CCN(S(=O)(=O)c2ccc3c(c2)OCCCO3)C1. The first-order valence-corrected chi connectivity index (χ1v) is 8.17. The minimum atomic E-state index is -3.50. The molecule has 0 aromatic heterocycles. The van der Waals surface area contributed by atoms with E-state index >= 15 is 0 Å². The van der Waals surface area contributed by atoms with Gasteiger partial charge in [-0.2, -0.15) is 4.31 Å². The van der Waals surface area contributed by atoms with Crippen molar-refractivity contribution in [2.45, 2.75) is 23.8 Å². The van der Waals surface area contributed by atoms with Crippen LogP contribution in [0.2, 0.25) is 0 Å². The van der Waals surface area contributed by atoms with Gasteiger partial charge in [0.05, 0.1) is 18.1 Å². The number of halogens is 1. The highest BCUT2D eigenvalue weighted by molar-refractivity contribution is 7.89. The van der Waals surface area contributed by atoms with Gasteiger partial charge in [-0.3, -0.25) is 0 Å². The molecular formula is C13H19ClN2O4S. The van der Waals surface area contributed by atoms with E-state index in [0.29, 0.717) is 44.2 Å². The van der Waals surface area contributed by atoms with Crippen LogP contribution < -0.4 is 15.2 Å². The standard InChI is InChI=1S/C13H18N2O4S.ClH/c14-10-4-5-15(9-10)20(16,17)11-2-3-12-13(8-11)19-7-1-6-18-12;/h2-3,8,10H,1,4-7,9,14H2;1H/t10-;/m0./s1. The van der Waals surface area contributed by atoms with Gasteiger partial charge in [-0.15, -0.1) is 12.4 Å². The van der Waals surface area contributed by atoms with Crippen molar-refractivity contribution in [3.8, 4) is 11.5 Å². The fourth-order valence-corrected chi connectivity index (χ4v) is 3.95. The number of hydrogen-bond donors (Lipinski definition) is 1. The monoisotopic (exact) mass is 334 g/mol. The minimum absolute atomic E-state index is 0.